The SMILES string of the molecule is COc1cccc(-c2cc3nc(-c4ccccc4)cc(N4CCC[C@H](O)C4)n3n2)c1. The van der Waals surface area contributed by atoms with Gasteiger partial charge in [-0.3, -0.25) is 0 Å². The van der Waals surface area contributed by atoms with E-state index in [2.05, 4.69) is 23.1 Å². The largest absolute Gasteiger partial charge is 0.497 e. The molecule has 6 heteroatoms. The molecule has 1 atom stereocenters. The molecule has 6 nitrogen and oxygen atoms in total. The summed E-state index contributed by atoms with van der Waals surface area (Å²) in [5.74, 6) is 1.74. The fourth-order valence-electron chi connectivity index (χ4n) is 4.03. The summed E-state index contributed by atoms with van der Waals surface area (Å²) in [6, 6.07) is 22.1. The van der Waals surface area contributed by atoms with Gasteiger partial charge in [0.05, 0.1) is 24.6 Å². The van der Waals surface area contributed by atoms with Crippen molar-refractivity contribution in [2.24, 2.45) is 0 Å². The number of aliphatic hydroxyl groups is 1. The lowest BCUT2D eigenvalue weighted by molar-refractivity contribution is 0.153. The maximum atomic E-state index is 10.2. The van der Waals surface area contributed by atoms with Crippen LogP contribution < -0.4 is 9.64 Å². The van der Waals surface area contributed by atoms with E-state index in [1.54, 1.807) is 7.11 Å². The van der Waals surface area contributed by atoms with Crippen molar-refractivity contribution in [1.29, 1.82) is 0 Å². The van der Waals surface area contributed by atoms with E-state index in [-0.39, 0.29) is 6.10 Å². The first-order valence-electron chi connectivity index (χ1n) is 10.2. The van der Waals surface area contributed by atoms with Crippen molar-refractivity contribution < 1.29 is 9.84 Å². The zero-order valence-corrected chi connectivity index (χ0v) is 16.9. The molecule has 2 aromatic carbocycles. The Morgan fingerprint density at radius 3 is 2.60 bits per heavy atom. The van der Waals surface area contributed by atoms with Crippen molar-refractivity contribution in [1.82, 2.24) is 14.6 Å². The third kappa shape index (κ3) is 3.50. The Labute approximate surface area is 175 Å². The van der Waals surface area contributed by atoms with Crippen LogP contribution in [0.25, 0.3) is 28.2 Å². The standard InChI is InChI=1S/C24H24N4O2/c1-30-20-11-5-9-18(13-20)22-14-23-25-21(17-7-3-2-4-8-17)15-24(28(23)26-22)27-12-6-10-19(29)16-27/h2-5,7-9,11,13-15,19,29H,6,10,12,16H2,1H3/t19-/m0/s1. The maximum absolute atomic E-state index is 10.2. The van der Waals surface area contributed by atoms with Crippen LogP contribution in [0, 0.1) is 0 Å². The van der Waals surface area contributed by atoms with Gasteiger partial charge in [-0.05, 0) is 25.0 Å². The second-order valence-electron chi connectivity index (χ2n) is 7.64. The molecule has 0 amide bonds. The van der Waals surface area contributed by atoms with Gasteiger partial charge in [0.2, 0.25) is 0 Å². The monoisotopic (exact) mass is 400 g/mol. The Kier molecular flexibility index (Phi) is 4.85. The van der Waals surface area contributed by atoms with Crippen LogP contribution in [0.2, 0.25) is 0 Å². The number of anilines is 1. The smallest absolute Gasteiger partial charge is 0.158 e. The lowest BCUT2D eigenvalue weighted by Gasteiger charge is -2.32. The minimum atomic E-state index is -0.324. The molecule has 30 heavy (non-hydrogen) atoms. The van der Waals surface area contributed by atoms with E-state index in [4.69, 9.17) is 14.8 Å². The molecule has 0 unspecified atom stereocenters. The highest BCUT2D eigenvalue weighted by atomic mass is 16.5. The van der Waals surface area contributed by atoms with Crippen molar-refractivity contribution in [2.45, 2.75) is 18.9 Å². The number of piperidine rings is 1. The van der Waals surface area contributed by atoms with Crippen LogP contribution in [0.3, 0.4) is 0 Å². The number of β-amino-alcohol motifs (C(OH)–C–C–N with tert-alkyl or cyclic N) is 1. The summed E-state index contributed by atoms with van der Waals surface area (Å²) in [4.78, 5) is 7.09. The number of ether oxygens (including phenoxy) is 1. The molecule has 3 heterocycles. The number of methoxy groups -OCH3 is 1. The first-order chi connectivity index (χ1) is 14.7. The number of aliphatic hydroxyl groups excluding tert-OH is 1. The summed E-state index contributed by atoms with van der Waals surface area (Å²) in [6.45, 7) is 1.49. The van der Waals surface area contributed by atoms with Crippen molar-refractivity contribution in [2.75, 3.05) is 25.1 Å². The summed E-state index contributed by atoms with van der Waals surface area (Å²) in [5, 5.41) is 15.1. The number of rotatable bonds is 4. The van der Waals surface area contributed by atoms with Crippen LogP contribution in [0.15, 0.2) is 66.7 Å². The predicted octanol–water partition coefficient (Wildman–Crippen LogP) is 4.03. The van der Waals surface area contributed by atoms with Gasteiger partial charge in [0, 0.05) is 36.3 Å². The van der Waals surface area contributed by atoms with E-state index in [0.29, 0.717) is 6.54 Å². The average molecular weight is 400 g/mol. The third-order valence-electron chi connectivity index (χ3n) is 5.56. The lowest BCUT2D eigenvalue weighted by atomic mass is 10.1. The number of aromatic nitrogens is 3. The van der Waals surface area contributed by atoms with Crippen molar-refractivity contribution in [3.8, 4) is 28.3 Å². The van der Waals surface area contributed by atoms with E-state index in [1.165, 1.54) is 0 Å². The lowest BCUT2D eigenvalue weighted by Crippen LogP contribution is -2.39. The van der Waals surface area contributed by atoms with Gasteiger partial charge in [-0.25, -0.2) is 4.98 Å². The van der Waals surface area contributed by atoms with Gasteiger partial charge in [-0.15, -0.1) is 0 Å². The molecule has 1 fully saturated rings. The minimum absolute atomic E-state index is 0.324. The Bertz CT molecular complexity index is 1170. The van der Waals surface area contributed by atoms with Gasteiger partial charge in [0.25, 0.3) is 0 Å². The van der Waals surface area contributed by atoms with Gasteiger partial charge in [0.1, 0.15) is 11.6 Å². The summed E-state index contributed by atoms with van der Waals surface area (Å²) >= 11 is 0. The first-order valence-corrected chi connectivity index (χ1v) is 10.2. The van der Waals surface area contributed by atoms with Crippen LogP contribution >= 0.6 is 0 Å². The topological polar surface area (TPSA) is 62.9 Å². The molecular weight excluding hydrogens is 376 g/mol. The molecule has 0 radical (unpaired) electrons. The van der Waals surface area contributed by atoms with Crippen molar-refractivity contribution >= 4 is 11.5 Å². The summed E-state index contributed by atoms with van der Waals surface area (Å²) in [6.07, 6.45) is 1.47. The molecule has 1 saturated heterocycles. The van der Waals surface area contributed by atoms with Gasteiger partial charge in [-0.1, -0.05) is 42.5 Å². The first kappa shape index (κ1) is 18.6. The van der Waals surface area contributed by atoms with Gasteiger partial charge in [0.15, 0.2) is 5.65 Å². The van der Waals surface area contributed by atoms with Gasteiger partial charge >= 0.3 is 0 Å². The predicted molar refractivity (Wildman–Crippen MR) is 118 cm³/mol. The molecule has 1 aliphatic rings. The molecule has 1 N–H and O–H groups in total. The third-order valence-corrected chi connectivity index (χ3v) is 5.56. The fraction of sp³-hybridized carbons (Fsp3) is 0.250. The Balaban J connectivity index is 1.67. The zero-order valence-electron chi connectivity index (χ0n) is 16.9. The number of fused-ring (bicyclic) bond motifs is 1. The molecule has 0 spiro atoms. The van der Waals surface area contributed by atoms with Crippen LogP contribution in [0.1, 0.15) is 12.8 Å². The molecule has 5 rings (SSSR count). The van der Waals surface area contributed by atoms with E-state index in [0.717, 1.165) is 59.1 Å². The second kappa shape index (κ2) is 7.80. The van der Waals surface area contributed by atoms with E-state index < -0.39 is 0 Å². The molecule has 0 aliphatic carbocycles. The Hall–Kier alpha value is -3.38. The van der Waals surface area contributed by atoms with Crippen LogP contribution in [0.4, 0.5) is 5.82 Å². The van der Waals surface area contributed by atoms with E-state index in [1.807, 2.05) is 53.0 Å². The van der Waals surface area contributed by atoms with Crippen molar-refractivity contribution in [3.05, 3.63) is 66.7 Å². The van der Waals surface area contributed by atoms with Crippen LogP contribution in [-0.4, -0.2) is 46.0 Å². The van der Waals surface area contributed by atoms with Crippen LogP contribution in [-0.2, 0) is 0 Å². The van der Waals surface area contributed by atoms with Crippen LogP contribution in [0.5, 0.6) is 5.75 Å². The molecular formula is C24H24N4O2. The molecule has 4 aromatic rings. The van der Waals surface area contributed by atoms with Gasteiger partial charge < -0.3 is 14.7 Å². The fourth-order valence-corrected chi connectivity index (χ4v) is 4.03. The highest BCUT2D eigenvalue weighted by Crippen LogP contribution is 2.30. The minimum Gasteiger partial charge on any atom is -0.497 e. The summed E-state index contributed by atoms with van der Waals surface area (Å²) in [5.41, 5.74) is 4.55. The number of benzene rings is 2. The van der Waals surface area contributed by atoms with E-state index >= 15 is 0 Å². The highest BCUT2D eigenvalue weighted by Gasteiger charge is 2.22. The molecule has 0 saturated carbocycles. The highest BCUT2D eigenvalue weighted by molar-refractivity contribution is 5.71. The normalized spacial score (nSPS) is 16.7. The average Bonchev–Trinajstić information content (AvgIpc) is 3.23. The quantitative estimate of drug-likeness (QED) is 0.560. The Morgan fingerprint density at radius 2 is 1.80 bits per heavy atom. The number of hydrogen-bond donors (Lipinski definition) is 1. The maximum Gasteiger partial charge on any atom is 0.158 e. The van der Waals surface area contributed by atoms with Gasteiger partial charge in [-0.2, -0.15) is 9.61 Å². The number of hydrogen-bond acceptors (Lipinski definition) is 5. The summed E-state index contributed by atoms with van der Waals surface area (Å²) < 4.78 is 7.26. The van der Waals surface area contributed by atoms with Crippen molar-refractivity contribution in [3.63, 3.8) is 0 Å². The Morgan fingerprint density at radius 1 is 0.967 bits per heavy atom. The molecule has 0 bridgehead atoms. The summed E-state index contributed by atoms with van der Waals surface area (Å²) in [7, 11) is 1.66. The molecule has 1 aliphatic heterocycles. The molecule has 152 valence electrons. The molecule has 2 aromatic heterocycles. The van der Waals surface area contributed by atoms with E-state index in [9.17, 15) is 5.11 Å². The number of nitrogens with zero attached hydrogens (tertiary/aromatic N) is 4. The second-order valence-corrected chi connectivity index (χ2v) is 7.64. The zero-order chi connectivity index (χ0) is 20.5.